The first-order chi connectivity index (χ1) is 8.12. The molecule has 0 unspecified atom stereocenters. The molecule has 0 atom stereocenters. The Kier molecular flexibility index (Phi) is 4.78. The van der Waals surface area contributed by atoms with Crippen LogP contribution in [0.15, 0.2) is 23.2 Å². The summed E-state index contributed by atoms with van der Waals surface area (Å²) in [5, 5.41) is 0. The van der Waals surface area contributed by atoms with Gasteiger partial charge in [-0.25, -0.2) is 0 Å². The number of aliphatic imine (C=N–C) groups is 1. The van der Waals surface area contributed by atoms with Gasteiger partial charge in [-0.2, -0.15) is 4.99 Å². The van der Waals surface area contributed by atoms with Crippen LogP contribution < -0.4 is 15.2 Å². The number of hydrogen-bond acceptors (Lipinski definition) is 3. The number of nitrogens with zero attached hydrogens (tertiary/aromatic N) is 1. The molecule has 2 N–H and O–H groups in total. The molecule has 0 radical (unpaired) electrons. The standard InChI is InChI=1S/C11H13ClN2O3/c1-16-8-4-3-7(5-9(8)17-2)11(15)14-10(13)6-12/h3-5H,6H2,1-2H3,(H2,13,14,15). The van der Waals surface area contributed by atoms with E-state index >= 15 is 0 Å². The van der Waals surface area contributed by atoms with Crippen LogP contribution in [0.2, 0.25) is 0 Å². The Labute approximate surface area is 104 Å². The average molecular weight is 257 g/mol. The fourth-order valence-electron chi connectivity index (χ4n) is 1.19. The number of halogens is 1. The number of amidine groups is 1. The van der Waals surface area contributed by atoms with Crippen molar-refractivity contribution in [1.29, 1.82) is 0 Å². The van der Waals surface area contributed by atoms with Gasteiger partial charge in [0.15, 0.2) is 11.5 Å². The second-order valence-corrected chi connectivity index (χ2v) is 3.38. The SMILES string of the molecule is COc1ccc(C(=O)N=C(N)CCl)cc1OC. The van der Waals surface area contributed by atoms with Crippen molar-refractivity contribution in [2.45, 2.75) is 0 Å². The molecule has 0 fully saturated rings. The molecule has 1 aromatic rings. The molecule has 5 nitrogen and oxygen atoms in total. The predicted octanol–water partition coefficient (Wildman–Crippen LogP) is 1.44. The zero-order valence-corrected chi connectivity index (χ0v) is 10.3. The Morgan fingerprint density at radius 3 is 2.53 bits per heavy atom. The number of rotatable bonds is 4. The first-order valence-electron chi connectivity index (χ1n) is 4.77. The van der Waals surface area contributed by atoms with E-state index in [0.29, 0.717) is 17.1 Å². The molecule has 17 heavy (non-hydrogen) atoms. The van der Waals surface area contributed by atoms with E-state index in [2.05, 4.69) is 4.99 Å². The highest BCUT2D eigenvalue weighted by Gasteiger charge is 2.10. The first-order valence-corrected chi connectivity index (χ1v) is 5.31. The van der Waals surface area contributed by atoms with Crippen LogP contribution in [0.4, 0.5) is 0 Å². The van der Waals surface area contributed by atoms with Crippen molar-refractivity contribution in [1.82, 2.24) is 0 Å². The van der Waals surface area contributed by atoms with Crippen LogP contribution in [0.1, 0.15) is 10.4 Å². The lowest BCUT2D eigenvalue weighted by Gasteiger charge is -2.07. The highest BCUT2D eigenvalue weighted by molar-refractivity contribution is 6.29. The fourth-order valence-corrected chi connectivity index (χ4v) is 1.25. The Morgan fingerprint density at radius 1 is 1.35 bits per heavy atom. The number of nitrogens with two attached hydrogens (primary N) is 1. The molecule has 0 heterocycles. The minimum absolute atomic E-state index is 0.0129. The summed E-state index contributed by atoms with van der Waals surface area (Å²) in [6.45, 7) is 0. The minimum atomic E-state index is -0.468. The smallest absolute Gasteiger partial charge is 0.278 e. The molecule has 0 spiro atoms. The van der Waals surface area contributed by atoms with Gasteiger partial charge in [-0.05, 0) is 18.2 Å². The van der Waals surface area contributed by atoms with Gasteiger partial charge in [0.1, 0.15) is 5.84 Å². The third-order valence-corrected chi connectivity index (χ3v) is 2.29. The molecule has 0 saturated heterocycles. The molecule has 0 aliphatic heterocycles. The van der Waals surface area contributed by atoms with Gasteiger partial charge in [0.2, 0.25) is 0 Å². The van der Waals surface area contributed by atoms with Gasteiger partial charge >= 0.3 is 0 Å². The number of carbonyl (C=O) groups is 1. The zero-order chi connectivity index (χ0) is 12.8. The third-order valence-electron chi connectivity index (χ3n) is 2.01. The largest absolute Gasteiger partial charge is 0.493 e. The van der Waals surface area contributed by atoms with Crippen LogP contribution in [0, 0.1) is 0 Å². The molecule has 0 aliphatic rings. The molecule has 1 aromatic carbocycles. The Bertz CT molecular complexity index is 446. The lowest BCUT2D eigenvalue weighted by Crippen LogP contribution is -2.15. The van der Waals surface area contributed by atoms with Crippen LogP contribution in [0.25, 0.3) is 0 Å². The lowest BCUT2D eigenvalue weighted by atomic mass is 10.2. The minimum Gasteiger partial charge on any atom is -0.493 e. The Morgan fingerprint density at radius 2 is 2.00 bits per heavy atom. The summed E-state index contributed by atoms with van der Waals surface area (Å²) in [5.74, 6) is 0.617. The normalized spacial score (nSPS) is 11.1. The van der Waals surface area contributed by atoms with Crippen LogP contribution in [0.3, 0.4) is 0 Å². The molecular formula is C11H13ClN2O3. The van der Waals surface area contributed by atoms with Gasteiger partial charge in [0.25, 0.3) is 5.91 Å². The molecule has 92 valence electrons. The van der Waals surface area contributed by atoms with E-state index in [0.717, 1.165) is 0 Å². The van der Waals surface area contributed by atoms with E-state index in [1.807, 2.05) is 0 Å². The maximum Gasteiger partial charge on any atom is 0.278 e. The summed E-state index contributed by atoms with van der Waals surface area (Å²) in [5.41, 5.74) is 5.74. The zero-order valence-electron chi connectivity index (χ0n) is 9.57. The van der Waals surface area contributed by atoms with Crippen molar-refractivity contribution in [2.75, 3.05) is 20.1 Å². The van der Waals surface area contributed by atoms with Gasteiger partial charge in [0.05, 0.1) is 20.1 Å². The summed E-state index contributed by atoms with van der Waals surface area (Å²) in [7, 11) is 3.01. The first kappa shape index (κ1) is 13.3. The van der Waals surface area contributed by atoms with Crippen LogP contribution in [-0.4, -0.2) is 31.8 Å². The van der Waals surface area contributed by atoms with E-state index in [9.17, 15) is 4.79 Å². The highest BCUT2D eigenvalue weighted by atomic mass is 35.5. The summed E-state index contributed by atoms with van der Waals surface area (Å²) in [6.07, 6.45) is 0. The van der Waals surface area contributed by atoms with Crippen molar-refractivity contribution < 1.29 is 14.3 Å². The van der Waals surface area contributed by atoms with Crippen molar-refractivity contribution in [3.8, 4) is 11.5 Å². The monoisotopic (exact) mass is 256 g/mol. The van der Waals surface area contributed by atoms with Crippen molar-refractivity contribution in [2.24, 2.45) is 10.7 Å². The van der Waals surface area contributed by atoms with Crippen LogP contribution in [-0.2, 0) is 0 Å². The van der Waals surface area contributed by atoms with Crippen LogP contribution in [0.5, 0.6) is 11.5 Å². The summed E-state index contributed by atoms with van der Waals surface area (Å²) in [6, 6.07) is 4.74. The van der Waals surface area contributed by atoms with Gasteiger partial charge in [-0.1, -0.05) is 0 Å². The number of hydrogen-bond donors (Lipinski definition) is 1. The van der Waals surface area contributed by atoms with Crippen LogP contribution >= 0.6 is 11.6 Å². The summed E-state index contributed by atoms with van der Waals surface area (Å²) in [4.78, 5) is 15.3. The summed E-state index contributed by atoms with van der Waals surface area (Å²) >= 11 is 5.44. The molecule has 6 heteroatoms. The lowest BCUT2D eigenvalue weighted by molar-refractivity contribution is 0.100. The molecule has 0 aromatic heterocycles. The molecule has 0 bridgehead atoms. The van der Waals surface area contributed by atoms with E-state index in [-0.39, 0.29) is 11.7 Å². The highest BCUT2D eigenvalue weighted by Crippen LogP contribution is 2.27. The second-order valence-electron chi connectivity index (χ2n) is 3.11. The average Bonchev–Trinajstić information content (AvgIpc) is 2.37. The second kappa shape index (κ2) is 6.10. The number of alkyl halides is 1. The van der Waals surface area contributed by atoms with E-state index in [1.54, 1.807) is 12.1 Å². The Hall–Kier alpha value is -1.75. The molecular weight excluding hydrogens is 244 g/mol. The van der Waals surface area contributed by atoms with E-state index in [1.165, 1.54) is 20.3 Å². The maximum atomic E-state index is 11.7. The number of carbonyl (C=O) groups excluding carboxylic acids is 1. The predicted molar refractivity (Wildman–Crippen MR) is 66.2 cm³/mol. The molecule has 1 rings (SSSR count). The van der Waals surface area contributed by atoms with Gasteiger partial charge in [-0.15, -0.1) is 11.6 Å². The van der Waals surface area contributed by atoms with Crippen molar-refractivity contribution in [3.05, 3.63) is 23.8 Å². The summed E-state index contributed by atoms with van der Waals surface area (Å²) < 4.78 is 10.1. The number of amides is 1. The Balaban J connectivity index is 3.04. The topological polar surface area (TPSA) is 73.9 Å². The van der Waals surface area contributed by atoms with Crippen molar-refractivity contribution >= 4 is 23.3 Å². The van der Waals surface area contributed by atoms with E-state index < -0.39 is 5.91 Å². The molecule has 0 aliphatic carbocycles. The molecule has 0 saturated carbocycles. The quantitative estimate of drug-likeness (QED) is 0.503. The third kappa shape index (κ3) is 3.35. The van der Waals surface area contributed by atoms with Gasteiger partial charge in [-0.3, -0.25) is 4.79 Å². The van der Waals surface area contributed by atoms with Gasteiger partial charge < -0.3 is 15.2 Å². The number of benzene rings is 1. The van der Waals surface area contributed by atoms with Crippen molar-refractivity contribution in [3.63, 3.8) is 0 Å². The number of ether oxygens (including phenoxy) is 2. The maximum absolute atomic E-state index is 11.7. The fraction of sp³-hybridized carbons (Fsp3) is 0.273. The number of methoxy groups -OCH3 is 2. The van der Waals surface area contributed by atoms with E-state index in [4.69, 9.17) is 26.8 Å². The molecule has 1 amide bonds. The van der Waals surface area contributed by atoms with Gasteiger partial charge in [0, 0.05) is 5.56 Å².